The molecule has 1 aromatic rings. The van der Waals surface area contributed by atoms with E-state index in [2.05, 4.69) is 21.4 Å². The molecule has 1 fully saturated rings. The Bertz CT molecular complexity index is 532. The highest BCUT2D eigenvalue weighted by Gasteiger charge is 2.32. The van der Waals surface area contributed by atoms with E-state index >= 15 is 0 Å². The molecule has 2 aliphatic rings. The molecule has 0 amide bonds. The van der Waals surface area contributed by atoms with Crippen LogP contribution in [0.1, 0.15) is 66.6 Å². The molecule has 0 aliphatic carbocycles. The van der Waals surface area contributed by atoms with Gasteiger partial charge in [-0.25, -0.2) is 9.78 Å². The molecule has 0 aromatic carbocycles. The first kappa shape index (κ1) is 14.5. The van der Waals surface area contributed by atoms with Gasteiger partial charge >= 0.3 is 5.97 Å². The molecule has 6 nitrogen and oxygen atoms in total. The second-order valence-electron chi connectivity index (χ2n) is 6.12. The van der Waals surface area contributed by atoms with Crippen molar-refractivity contribution in [2.24, 2.45) is 5.73 Å². The summed E-state index contributed by atoms with van der Waals surface area (Å²) in [6.45, 7) is 6.25. The van der Waals surface area contributed by atoms with E-state index in [1.165, 1.54) is 0 Å². The lowest BCUT2D eigenvalue weighted by atomic mass is 9.95. The van der Waals surface area contributed by atoms with Crippen molar-refractivity contribution in [1.29, 1.82) is 0 Å². The van der Waals surface area contributed by atoms with Crippen LogP contribution in [0.4, 0.5) is 0 Å². The number of carboxylic acids is 1. The molecule has 116 valence electrons. The van der Waals surface area contributed by atoms with Gasteiger partial charge in [-0.05, 0) is 45.3 Å². The lowest BCUT2D eigenvalue weighted by Gasteiger charge is -2.32. The van der Waals surface area contributed by atoms with Crippen LogP contribution in [-0.4, -0.2) is 45.2 Å². The Morgan fingerprint density at radius 1 is 1.33 bits per heavy atom. The maximum absolute atomic E-state index is 11.5. The third-order valence-electron chi connectivity index (χ3n) is 4.89. The van der Waals surface area contributed by atoms with Gasteiger partial charge in [0.15, 0.2) is 5.69 Å². The van der Waals surface area contributed by atoms with Crippen LogP contribution >= 0.6 is 0 Å². The molecule has 1 saturated heterocycles. The number of hydrogen-bond acceptors (Lipinski definition) is 4. The van der Waals surface area contributed by atoms with Crippen LogP contribution in [0.5, 0.6) is 0 Å². The van der Waals surface area contributed by atoms with Crippen LogP contribution in [0.15, 0.2) is 0 Å². The summed E-state index contributed by atoms with van der Waals surface area (Å²) < 4.78 is 2.10. The first-order valence-corrected chi connectivity index (χ1v) is 7.93. The SMILES string of the molecule is CCN1CCC(c2nc(C(=O)O)c3n2CCCC3N)CC1. The lowest BCUT2D eigenvalue weighted by molar-refractivity contribution is 0.0688. The molecule has 3 heterocycles. The molecule has 0 radical (unpaired) electrons. The Kier molecular flexibility index (Phi) is 3.99. The van der Waals surface area contributed by atoms with Gasteiger partial charge in [-0.1, -0.05) is 6.92 Å². The Hall–Kier alpha value is -1.40. The number of carboxylic acid groups (broad SMARTS) is 1. The molecule has 0 bridgehead atoms. The van der Waals surface area contributed by atoms with Crippen molar-refractivity contribution in [3.63, 3.8) is 0 Å². The molecule has 2 aliphatic heterocycles. The van der Waals surface area contributed by atoms with Gasteiger partial charge in [-0.2, -0.15) is 0 Å². The molecule has 0 spiro atoms. The summed E-state index contributed by atoms with van der Waals surface area (Å²) in [6.07, 6.45) is 3.96. The summed E-state index contributed by atoms with van der Waals surface area (Å²) in [4.78, 5) is 18.4. The predicted molar refractivity (Wildman–Crippen MR) is 79.4 cm³/mol. The highest BCUT2D eigenvalue weighted by molar-refractivity contribution is 5.87. The highest BCUT2D eigenvalue weighted by Crippen LogP contribution is 2.34. The third kappa shape index (κ3) is 2.58. The molecule has 21 heavy (non-hydrogen) atoms. The zero-order valence-corrected chi connectivity index (χ0v) is 12.6. The largest absolute Gasteiger partial charge is 0.476 e. The Morgan fingerprint density at radius 2 is 2.05 bits per heavy atom. The minimum absolute atomic E-state index is 0.176. The number of hydrogen-bond donors (Lipinski definition) is 2. The van der Waals surface area contributed by atoms with Crippen LogP contribution in [0, 0.1) is 0 Å². The molecule has 3 rings (SSSR count). The van der Waals surface area contributed by atoms with Gasteiger partial charge in [0.2, 0.25) is 0 Å². The number of piperidine rings is 1. The van der Waals surface area contributed by atoms with E-state index in [4.69, 9.17) is 5.73 Å². The van der Waals surface area contributed by atoms with Gasteiger partial charge in [0.1, 0.15) is 5.82 Å². The maximum atomic E-state index is 11.5. The minimum Gasteiger partial charge on any atom is -0.476 e. The molecule has 3 N–H and O–H groups in total. The fourth-order valence-corrected chi connectivity index (χ4v) is 3.68. The summed E-state index contributed by atoms with van der Waals surface area (Å²) in [5.41, 5.74) is 7.05. The number of carbonyl (C=O) groups is 1. The van der Waals surface area contributed by atoms with Crippen LogP contribution in [0.25, 0.3) is 0 Å². The fourth-order valence-electron chi connectivity index (χ4n) is 3.68. The molecule has 6 heteroatoms. The second kappa shape index (κ2) is 5.77. The van der Waals surface area contributed by atoms with Crippen LogP contribution in [-0.2, 0) is 6.54 Å². The predicted octanol–water partition coefficient (Wildman–Crippen LogP) is 1.57. The first-order valence-electron chi connectivity index (χ1n) is 7.93. The number of fused-ring (bicyclic) bond motifs is 1. The summed E-state index contributed by atoms with van der Waals surface area (Å²) in [5.74, 6) is 0.367. The topological polar surface area (TPSA) is 84.4 Å². The van der Waals surface area contributed by atoms with E-state index in [0.29, 0.717) is 5.92 Å². The van der Waals surface area contributed by atoms with E-state index in [1.807, 2.05) is 0 Å². The first-order chi connectivity index (χ1) is 10.1. The van der Waals surface area contributed by atoms with Gasteiger partial charge in [-0.3, -0.25) is 0 Å². The normalized spacial score (nSPS) is 24.0. The maximum Gasteiger partial charge on any atom is 0.356 e. The smallest absolute Gasteiger partial charge is 0.356 e. The number of aromatic nitrogens is 2. The van der Waals surface area contributed by atoms with E-state index in [0.717, 1.165) is 63.4 Å². The molecule has 1 atom stereocenters. The number of rotatable bonds is 3. The van der Waals surface area contributed by atoms with Crippen molar-refractivity contribution >= 4 is 5.97 Å². The Balaban J connectivity index is 1.92. The standard InChI is InChI=1S/C15H24N4O2/c1-2-18-8-5-10(6-9-18)14-17-12(15(20)21)13-11(16)4-3-7-19(13)14/h10-11H,2-9,16H2,1H3,(H,20,21). The third-order valence-corrected chi connectivity index (χ3v) is 4.89. The van der Waals surface area contributed by atoms with Gasteiger partial charge in [-0.15, -0.1) is 0 Å². The molecular weight excluding hydrogens is 268 g/mol. The van der Waals surface area contributed by atoms with Crippen molar-refractivity contribution in [3.05, 3.63) is 17.2 Å². The summed E-state index contributed by atoms with van der Waals surface area (Å²) >= 11 is 0. The average molecular weight is 292 g/mol. The summed E-state index contributed by atoms with van der Waals surface area (Å²) in [7, 11) is 0. The van der Waals surface area contributed by atoms with Crippen LogP contribution in [0.2, 0.25) is 0 Å². The van der Waals surface area contributed by atoms with Gasteiger partial charge in [0.05, 0.1) is 5.69 Å². The van der Waals surface area contributed by atoms with E-state index < -0.39 is 5.97 Å². The number of nitrogens with zero attached hydrogens (tertiary/aromatic N) is 3. The van der Waals surface area contributed by atoms with Crippen molar-refractivity contribution in [2.75, 3.05) is 19.6 Å². The van der Waals surface area contributed by atoms with Crippen molar-refractivity contribution in [1.82, 2.24) is 14.5 Å². The molecule has 0 saturated carbocycles. The summed E-state index contributed by atoms with van der Waals surface area (Å²) in [5, 5.41) is 9.41. The number of aromatic carboxylic acids is 1. The summed E-state index contributed by atoms with van der Waals surface area (Å²) in [6, 6.07) is -0.193. The Morgan fingerprint density at radius 3 is 2.67 bits per heavy atom. The fraction of sp³-hybridized carbons (Fsp3) is 0.733. The van der Waals surface area contributed by atoms with Crippen molar-refractivity contribution < 1.29 is 9.90 Å². The van der Waals surface area contributed by atoms with Gasteiger partial charge in [0, 0.05) is 18.5 Å². The highest BCUT2D eigenvalue weighted by atomic mass is 16.4. The van der Waals surface area contributed by atoms with Gasteiger partial charge < -0.3 is 20.3 Å². The number of likely N-dealkylation sites (tertiary alicyclic amines) is 1. The number of nitrogens with two attached hydrogens (primary N) is 1. The number of imidazole rings is 1. The molecule has 1 unspecified atom stereocenters. The van der Waals surface area contributed by atoms with Gasteiger partial charge in [0.25, 0.3) is 0 Å². The quantitative estimate of drug-likeness (QED) is 0.883. The zero-order chi connectivity index (χ0) is 15.0. The molecule has 1 aromatic heterocycles. The second-order valence-corrected chi connectivity index (χ2v) is 6.12. The van der Waals surface area contributed by atoms with Crippen LogP contribution < -0.4 is 5.73 Å². The zero-order valence-electron chi connectivity index (χ0n) is 12.6. The average Bonchev–Trinajstić information content (AvgIpc) is 2.88. The van der Waals surface area contributed by atoms with Crippen molar-refractivity contribution in [2.45, 2.75) is 51.1 Å². The Labute approximate surface area is 124 Å². The van der Waals surface area contributed by atoms with Crippen molar-refractivity contribution in [3.8, 4) is 0 Å². The lowest BCUT2D eigenvalue weighted by Crippen LogP contribution is -2.34. The monoisotopic (exact) mass is 292 g/mol. The van der Waals surface area contributed by atoms with E-state index in [1.54, 1.807) is 0 Å². The molecular formula is C15H24N4O2. The van der Waals surface area contributed by atoms with Crippen LogP contribution in [0.3, 0.4) is 0 Å². The van der Waals surface area contributed by atoms with E-state index in [-0.39, 0.29) is 11.7 Å². The van der Waals surface area contributed by atoms with E-state index in [9.17, 15) is 9.90 Å². The minimum atomic E-state index is -0.951.